The number of aromatic hydroxyl groups is 2. The smallest absolute Gasteiger partial charge is 0.416 e. The standard InChI is InChI=1S/C27H18ClF3N4O4S/c1-12-3-5-16(7-13(12)2)35-19-11-15(27(29,30)31)10-17(28)22(19)23(25(35)38)34-33-18-6-4-14(8-20(18)36)9-21-24(37)32-26(39)40-21/h3-11,36,38H,1-2H3,(H,32,37,39). The van der Waals surface area contributed by atoms with Gasteiger partial charge in [0, 0.05) is 5.69 Å². The highest BCUT2D eigenvalue weighted by Gasteiger charge is 2.33. The van der Waals surface area contributed by atoms with Crippen LogP contribution in [-0.4, -0.2) is 25.9 Å². The van der Waals surface area contributed by atoms with Crippen LogP contribution in [-0.2, 0) is 11.0 Å². The molecule has 8 nitrogen and oxygen atoms in total. The van der Waals surface area contributed by atoms with E-state index in [4.69, 9.17) is 11.6 Å². The number of halogens is 4. The predicted octanol–water partition coefficient (Wildman–Crippen LogP) is 8.07. The third kappa shape index (κ3) is 5.03. The Morgan fingerprint density at radius 2 is 1.75 bits per heavy atom. The number of carbonyl (C=O) groups excluding carboxylic acids is 2. The molecule has 0 saturated carbocycles. The Labute approximate surface area is 233 Å². The number of fused-ring (bicyclic) bond motifs is 1. The van der Waals surface area contributed by atoms with Crippen LogP contribution in [0.5, 0.6) is 11.6 Å². The quantitative estimate of drug-likeness (QED) is 0.165. The van der Waals surface area contributed by atoms with Gasteiger partial charge in [0.2, 0.25) is 5.88 Å². The zero-order chi connectivity index (χ0) is 28.9. The van der Waals surface area contributed by atoms with Gasteiger partial charge in [0.25, 0.3) is 11.1 Å². The van der Waals surface area contributed by atoms with Gasteiger partial charge < -0.3 is 10.2 Å². The van der Waals surface area contributed by atoms with E-state index in [1.165, 1.54) is 28.8 Å². The number of nitrogens with zero attached hydrogens (tertiary/aromatic N) is 3. The van der Waals surface area contributed by atoms with Crippen LogP contribution >= 0.6 is 23.4 Å². The molecule has 0 bridgehead atoms. The molecule has 13 heteroatoms. The number of azo groups is 1. The number of nitrogens with one attached hydrogen (secondary N) is 1. The second-order valence-corrected chi connectivity index (χ2v) is 10.3. The number of amides is 2. The van der Waals surface area contributed by atoms with Crippen LogP contribution in [0.2, 0.25) is 5.02 Å². The van der Waals surface area contributed by atoms with Crippen LogP contribution in [0.3, 0.4) is 0 Å². The van der Waals surface area contributed by atoms with E-state index in [1.807, 2.05) is 13.8 Å². The van der Waals surface area contributed by atoms with Crippen LogP contribution in [0.1, 0.15) is 22.3 Å². The van der Waals surface area contributed by atoms with Gasteiger partial charge in [0.1, 0.15) is 11.4 Å². The Kier molecular flexibility index (Phi) is 6.84. The minimum atomic E-state index is -4.69. The fourth-order valence-corrected chi connectivity index (χ4v) is 5.10. The average Bonchev–Trinajstić information content (AvgIpc) is 3.34. The van der Waals surface area contributed by atoms with Crippen molar-refractivity contribution >= 4 is 62.9 Å². The number of aryl methyl sites for hydroxylation is 2. The van der Waals surface area contributed by atoms with Crippen molar-refractivity contribution in [3.63, 3.8) is 0 Å². The minimum Gasteiger partial charge on any atom is -0.506 e. The van der Waals surface area contributed by atoms with Crippen LogP contribution in [0.4, 0.5) is 29.3 Å². The van der Waals surface area contributed by atoms with Crippen molar-refractivity contribution in [3.8, 4) is 17.3 Å². The lowest BCUT2D eigenvalue weighted by molar-refractivity contribution is -0.137. The largest absolute Gasteiger partial charge is 0.506 e. The van der Waals surface area contributed by atoms with Crippen LogP contribution < -0.4 is 5.32 Å². The molecule has 0 atom stereocenters. The predicted molar refractivity (Wildman–Crippen MR) is 146 cm³/mol. The number of rotatable bonds is 4. The van der Waals surface area contributed by atoms with Gasteiger partial charge in [-0.25, -0.2) is 0 Å². The lowest BCUT2D eigenvalue weighted by atomic mass is 10.1. The molecule has 0 aliphatic carbocycles. The normalized spacial score (nSPS) is 15.1. The van der Waals surface area contributed by atoms with Gasteiger partial charge in [-0.3, -0.25) is 19.5 Å². The summed E-state index contributed by atoms with van der Waals surface area (Å²) >= 11 is 7.02. The average molecular weight is 587 g/mol. The Bertz CT molecular complexity index is 1800. The molecule has 1 aliphatic heterocycles. The van der Waals surface area contributed by atoms with E-state index >= 15 is 0 Å². The monoisotopic (exact) mass is 586 g/mol. The summed E-state index contributed by atoms with van der Waals surface area (Å²) in [5, 5.41) is 31.1. The molecule has 40 heavy (non-hydrogen) atoms. The third-order valence-corrected chi connectivity index (χ3v) is 7.35. The summed E-state index contributed by atoms with van der Waals surface area (Å²) in [6.07, 6.45) is -3.28. The number of imide groups is 1. The first kappa shape index (κ1) is 27.3. The highest BCUT2D eigenvalue weighted by molar-refractivity contribution is 8.18. The third-order valence-electron chi connectivity index (χ3n) is 6.24. The van der Waals surface area contributed by atoms with Crippen molar-refractivity contribution in [3.05, 3.63) is 80.7 Å². The molecule has 0 spiro atoms. The number of aromatic nitrogens is 1. The second-order valence-electron chi connectivity index (χ2n) is 8.93. The van der Waals surface area contributed by atoms with Crippen molar-refractivity contribution in [2.45, 2.75) is 20.0 Å². The van der Waals surface area contributed by atoms with E-state index in [0.29, 0.717) is 11.3 Å². The maximum absolute atomic E-state index is 13.6. The van der Waals surface area contributed by atoms with Gasteiger partial charge in [-0.05, 0) is 84.8 Å². The highest BCUT2D eigenvalue weighted by Crippen LogP contribution is 2.47. The van der Waals surface area contributed by atoms with Crippen LogP contribution in [0.15, 0.2) is 63.7 Å². The highest BCUT2D eigenvalue weighted by atomic mass is 35.5. The summed E-state index contributed by atoms with van der Waals surface area (Å²) in [4.78, 5) is 23.3. The summed E-state index contributed by atoms with van der Waals surface area (Å²) in [5.74, 6) is -1.40. The first-order chi connectivity index (χ1) is 18.8. The molecule has 1 saturated heterocycles. The Balaban J connectivity index is 1.62. The SMILES string of the molecule is Cc1ccc(-n2c(O)c(N=Nc3ccc(C=C4SC(=O)NC4=O)cc3O)c3c(Cl)cc(C(F)(F)F)cc32)cc1C. The number of alkyl halides is 3. The summed E-state index contributed by atoms with van der Waals surface area (Å²) in [6.45, 7) is 3.70. The maximum atomic E-state index is 13.6. The lowest BCUT2D eigenvalue weighted by Gasteiger charge is -2.12. The maximum Gasteiger partial charge on any atom is 0.416 e. The van der Waals surface area contributed by atoms with Crippen molar-refractivity contribution in [1.29, 1.82) is 0 Å². The summed E-state index contributed by atoms with van der Waals surface area (Å²) in [6, 6.07) is 10.9. The van der Waals surface area contributed by atoms with Crippen molar-refractivity contribution in [2.24, 2.45) is 10.2 Å². The van der Waals surface area contributed by atoms with Crippen LogP contribution in [0.25, 0.3) is 22.7 Å². The van der Waals surface area contributed by atoms with Gasteiger partial charge >= 0.3 is 6.18 Å². The second kappa shape index (κ2) is 10.0. The number of carbonyl (C=O) groups is 2. The molecule has 2 amide bonds. The minimum absolute atomic E-state index is 0.0312. The van der Waals surface area contributed by atoms with E-state index in [-0.39, 0.29) is 38.0 Å². The number of phenolic OH excluding ortho intramolecular Hbond substituents is 1. The summed E-state index contributed by atoms with van der Waals surface area (Å²) < 4.78 is 42.1. The molecule has 1 fully saturated rings. The number of benzene rings is 3. The molecule has 2 heterocycles. The molecule has 3 N–H and O–H groups in total. The van der Waals surface area contributed by atoms with Crippen molar-refractivity contribution in [1.82, 2.24) is 9.88 Å². The van der Waals surface area contributed by atoms with Gasteiger partial charge in [-0.15, -0.1) is 10.2 Å². The number of hydrogen-bond donors (Lipinski definition) is 3. The summed E-state index contributed by atoms with van der Waals surface area (Å²) in [7, 11) is 0. The first-order valence-electron chi connectivity index (χ1n) is 11.5. The number of thioether (sulfide) groups is 1. The summed E-state index contributed by atoms with van der Waals surface area (Å²) in [5.41, 5.74) is 1.30. The van der Waals surface area contributed by atoms with Gasteiger partial charge in [0.05, 0.1) is 26.4 Å². The molecule has 4 aromatic rings. The fraction of sp³-hybridized carbons (Fsp3) is 0.111. The first-order valence-corrected chi connectivity index (χ1v) is 12.7. The number of phenols is 1. The van der Waals surface area contributed by atoms with Crippen LogP contribution in [0, 0.1) is 13.8 Å². The zero-order valence-corrected chi connectivity index (χ0v) is 22.2. The molecule has 1 aliphatic rings. The Morgan fingerprint density at radius 1 is 1.00 bits per heavy atom. The van der Waals surface area contributed by atoms with E-state index in [9.17, 15) is 33.0 Å². The topological polar surface area (TPSA) is 116 Å². The van der Waals surface area contributed by atoms with Gasteiger partial charge in [0.15, 0.2) is 5.69 Å². The molecule has 0 unspecified atom stereocenters. The Morgan fingerprint density at radius 3 is 2.38 bits per heavy atom. The molecule has 3 aromatic carbocycles. The van der Waals surface area contributed by atoms with E-state index in [2.05, 4.69) is 15.5 Å². The molecule has 5 rings (SSSR count). The number of hydrogen-bond acceptors (Lipinski definition) is 7. The van der Waals surface area contributed by atoms with Gasteiger partial charge in [-0.2, -0.15) is 13.2 Å². The van der Waals surface area contributed by atoms with E-state index in [0.717, 1.165) is 35.0 Å². The fourth-order valence-electron chi connectivity index (χ4n) is 4.11. The molecule has 1 aromatic heterocycles. The van der Waals surface area contributed by atoms with E-state index < -0.39 is 28.8 Å². The van der Waals surface area contributed by atoms with E-state index in [1.54, 1.807) is 18.2 Å². The Hall–Kier alpha value is -4.29. The molecular weight excluding hydrogens is 569 g/mol. The van der Waals surface area contributed by atoms with Gasteiger partial charge in [-0.1, -0.05) is 23.7 Å². The van der Waals surface area contributed by atoms with Crippen molar-refractivity contribution < 1.29 is 33.0 Å². The molecular formula is C27H18ClF3N4O4S. The molecule has 0 radical (unpaired) electrons. The molecule has 204 valence electrons. The van der Waals surface area contributed by atoms with Crippen molar-refractivity contribution in [2.75, 3.05) is 0 Å². The lowest BCUT2D eigenvalue weighted by Crippen LogP contribution is -2.17. The zero-order valence-electron chi connectivity index (χ0n) is 20.7.